The van der Waals surface area contributed by atoms with Crippen molar-refractivity contribution in [2.45, 2.75) is 45.9 Å². The molecule has 0 radical (unpaired) electrons. The van der Waals surface area contributed by atoms with E-state index < -0.39 is 0 Å². The number of nitrogens with zero attached hydrogens (tertiary/aromatic N) is 3. The van der Waals surface area contributed by atoms with Crippen molar-refractivity contribution in [3.8, 4) is 0 Å². The molecule has 0 saturated carbocycles. The van der Waals surface area contributed by atoms with Gasteiger partial charge in [0.05, 0.1) is 12.2 Å². The summed E-state index contributed by atoms with van der Waals surface area (Å²) in [4.78, 5) is 17.8. The first-order valence-corrected chi connectivity index (χ1v) is 8.12. The van der Waals surface area contributed by atoms with Crippen molar-refractivity contribution < 1.29 is 9.63 Å². The third kappa shape index (κ3) is 3.64. The molecule has 6 nitrogen and oxygen atoms in total. The molecule has 24 heavy (non-hydrogen) atoms. The van der Waals surface area contributed by atoms with E-state index in [-0.39, 0.29) is 18.1 Å². The van der Waals surface area contributed by atoms with Gasteiger partial charge in [-0.15, -0.1) is 0 Å². The van der Waals surface area contributed by atoms with Crippen molar-refractivity contribution in [3.63, 3.8) is 0 Å². The van der Waals surface area contributed by atoms with Crippen molar-refractivity contribution in [1.82, 2.24) is 15.1 Å². The summed E-state index contributed by atoms with van der Waals surface area (Å²) in [5.74, 6) is -0.178. The van der Waals surface area contributed by atoms with Crippen LogP contribution in [-0.2, 0) is 16.2 Å². The number of oxime groups is 1. The van der Waals surface area contributed by atoms with Gasteiger partial charge in [-0.1, -0.05) is 35.5 Å². The molecule has 1 amide bonds. The third-order valence-corrected chi connectivity index (χ3v) is 4.03. The Morgan fingerprint density at radius 1 is 1.38 bits per heavy atom. The van der Waals surface area contributed by atoms with Crippen LogP contribution in [0, 0.1) is 13.8 Å². The first-order valence-electron chi connectivity index (χ1n) is 8.12. The van der Waals surface area contributed by atoms with Crippen LogP contribution < -0.4 is 5.32 Å². The molecular formula is C18H22N4O2. The molecule has 3 rings (SSSR count). The predicted molar refractivity (Wildman–Crippen MR) is 91.6 cm³/mol. The summed E-state index contributed by atoms with van der Waals surface area (Å²) in [7, 11) is 0. The topological polar surface area (TPSA) is 68.5 Å². The molecule has 0 unspecified atom stereocenters. The number of carbonyl (C=O) groups is 1. The van der Waals surface area contributed by atoms with Crippen LogP contribution >= 0.6 is 0 Å². The molecule has 1 aliphatic heterocycles. The summed E-state index contributed by atoms with van der Waals surface area (Å²) >= 11 is 0. The van der Waals surface area contributed by atoms with Crippen LogP contribution in [0.5, 0.6) is 0 Å². The number of nitrogens with one attached hydrogen (secondary N) is 1. The molecule has 1 aromatic carbocycles. The zero-order chi connectivity index (χ0) is 17.1. The number of amides is 1. The Morgan fingerprint density at radius 3 is 2.79 bits per heavy atom. The van der Waals surface area contributed by atoms with E-state index in [4.69, 9.17) is 4.84 Å². The molecule has 0 fully saturated rings. The van der Waals surface area contributed by atoms with Crippen molar-refractivity contribution in [1.29, 1.82) is 0 Å². The molecular weight excluding hydrogens is 304 g/mol. The van der Waals surface area contributed by atoms with E-state index >= 15 is 0 Å². The van der Waals surface area contributed by atoms with E-state index in [0.29, 0.717) is 18.7 Å². The van der Waals surface area contributed by atoms with E-state index in [1.165, 1.54) is 0 Å². The molecule has 2 aromatic rings. The van der Waals surface area contributed by atoms with Crippen molar-refractivity contribution >= 4 is 11.6 Å². The minimum Gasteiger partial charge on any atom is -0.387 e. The molecule has 0 saturated heterocycles. The molecule has 1 N–H and O–H groups in total. The summed E-state index contributed by atoms with van der Waals surface area (Å²) < 4.78 is 1.90. The monoisotopic (exact) mass is 326 g/mol. The lowest BCUT2D eigenvalue weighted by atomic mass is 10.0. The van der Waals surface area contributed by atoms with Gasteiger partial charge >= 0.3 is 0 Å². The lowest BCUT2D eigenvalue weighted by molar-refractivity contribution is -0.115. The average Bonchev–Trinajstić information content (AvgIpc) is 3.15. The summed E-state index contributed by atoms with van der Waals surface area (Å²) in [6.45, 7) is 6.55. The molecule has 6 heteroatoms. The molecule has 0 bridgehead atoms. The number of aryl methyl sites for hydroxylation is 2. The van der Waals surface area contributed by atoms with Crippen molar-refractivity contribution in [3.05, 3.63) is 53.3 Å². The molecule has 0 aliphatic carbocycles. The van der Waals surface area contributed by atoms with Gasteiger partial charge in [0.25, 0.3) is 5.91 Å². The minimum absolute atomic E-state index is 0.0472. The van der Waals surface area contributed by atoms with Gasteiger partial charge in [-0.3, -0.25) is 9.48 Å². The minimum atomic E-state index is -0.182. The van der Waals surface area contributed by atoms with Crippen LogP contribution in [0.15, 0.2) is 41.6 Å². The highest BCUT2D eigenvalue weighted by molar-refractivity contribution is 6.39. The highest BCUT2D eigenvalue weighted by Gasteiger charge is 2.27. The Hall–Kier alpha value is -2.63. The largest absolute Gasteiger partial charge is 0.387 e. The van der Waals surface area contributed by atoms with Crippen molar-refractivity contribution in [2.24, 2.45) is 5.16 Å². The van der Waals surface area contributed by atoms with Gasteiger partial charge in [-0.05, 0) is 32.4 Å². The summed E-state index contributed by atoms with van der Waals surface area (Å²) in [6, 6.07) is 11.8. The summed E-state index contributed by atoms with van der Waals surface area (Å²) in [5, 5.41) is 11.3. The van der Waals surface area contributed by atoms with Gasteiger partial charge in [0.1, 0.15) is 5.71 Å². The summed E-state index contributed by atoms with van der Waals surface area (Å²) in [5.41, 5.74) is 3.52. The van der Waals surface area contributed by atoms with E-state index in [1.54, 1.807) is 0 Å². The van der Waals surface area contributed by atoms with Gasteiger partial charge in [0.2, 0.25) is 0 Å². The maximum absolute atomic E-state index is 12.4. The Morgan fingerprint density at radius 2 is 2.12 bits per heavy atom. The van der Waals surface area contributed by atoms with E-state index in [2.05, 4.69) is 15.6 Å². The quantitative estimate of drug-likeness (QED) is 0.918. The van der Waals surface area contributed by atoms with Gasteiger partial charge in [0, 0.05) is 18.2 Å². The Balaban J connectivity index is 1.55. The van der Waals surface area contributed by atoms with Crippen LogP contribution in [0.2, 0.25) is 0 Å². The molecule has 2 atom stereocenters. The fraction of sp³-hybridized carbons (Fsp3) is 0.389. The fourth-order valence-electron chi connectivity index (χ4n) is 2.83. The lowest BCUT2D eigenvalue weighted by Gasteiger charge is -2.14. The first-order chi connectivity index (χ1) is 11.5. The second-order valence-electron chi connectivity index (χ2n) is 6.23. The average molecular weight is 326 g/mol. The molecule has 2 heterocycles. The number of hydrogen-bond acceptors (Lipinski definition) is 4. The van der Waals surface area contributed by atoms with Crippen LogP contribution in [-0.4, -0.2) is 27.4 Å². The molecule has 126 valence electrons. The van der Waals surface area contributed by atoms with Gasteiger partial charge in [-0.2, -0.15) is 5.10 Å². The second kappa shape index (κ2) is 6.86. The highest BCUT2D eigenvalue weighted by atomic mass is 16.6. The Bertz CT molecular complexity index is 752. The second-order valence-corrected chi connectivity index (χ2v) is 6.23. The zero-order valence-electron chi connectivity index (χ0n) is 14.2. The van der Waals surface area contributed by atoms with Crippen molar-refractivity contribution in [2.75, 3.05) is 0 Å². The highest BCUT2D eigenvalue weighted by Crippen LogP contribution is 2.26. The van der Waals surface area contributed by atoms with Gasteiger partial charge in [-0.25, -0.2) is 0 Å². The number of aromatic nitrogens is 2. The van der Waals surface area contributed by atoms with Gasteiger partial charge < -0.3 is 10.2 Å². The maximum Gasteiger partial charge on any atom is 0.269 e. The first kappa shape index (κ1) is 16.2. The fourth-order valence-corrected chi connectivity index (χ4v) is 2.83. The zero-order valence-corrected chi connectivity index (χ0v) is 14.2. The number of benzene rings is 1. The lowest BCUT2D eigenvalue weighted by Crippen LogP contribution is -2.39. The van der Waals surface area contributed by atoms with E-state index in [9.17, 15) is 4.79 Å². The van der Waals surface area contributed by atoms with E-state index in [1.807, 2.05) is 61.9 Å². The maximum atomic E-state index is 12.4. The van der Waals surface area contributed by atoms with Crippen LogP contribution in [0.3, 0.4) is 0 Å². The van der Waals surface area contributed by atoms with Gasteiger partial charge in [0.15, 0.2) is 6.10 Å². The number of rotatable bonds is 5. The molecule has 1 aliphatic rings. The van der Waals surface area contributed by atoms with Crippen LogP contribution in [0.4, 0.5) is 0 Å². The standard InChI is InChI=1S/C18H22N4O2/c1-12-9-14(3)22(20-12)11-13(2)19-18(23)16-10-17(24-21-16)15-7-5-4-6-8-15/h4-9,13,17H,10-11H2,1-3H3,(H,19,23)/t13-,17-/m0/s1. The normalized spacial score (nSPS) is 18.0. The van der Waals surface area contributed by atoms with Crippen LogP contribution in [0.25, 0.3) is 0 Å². The summed E-state index contributed by atoms with van der Waals surface area (Å²) in [6.07, 6.45) is 0.306. The number of carbonyl (C=O) groups excluding carboxylic acids is 1. The Labute approximate surface area is 141 Å². The van der Waals surface area contributed by atoms with Crippen LogP contribution in [0.1, 0.15) is 36.4 Å². The SMILES string of the molecule is Cc1cc(C)n(C[C@H](C)NC(=O)C2=NO[C@H](c3ccccc3)C2)n1. The molecule has 1 aromatic heterocycles. The third-order valence-electron chi connectivity index (χ3n) is 4.03. The Kier molecular flexibility index (Phi) is 4.64. The number of hydrogen-bond donors (Lipinski definition) is 1. The smallest absolute Gasteiger partial charge is 0.269 e. The predicted octanol–water partition coefficient (Wildman–Crippen LogP) is 2.52. The van der Waals surface area contributed by atoms with E-state index in [0.717, 1.165) is 17.0 Å². The molecule has 0 spiro atoms.